The number of nitrogens with one attached hydrogen (secondary N) is 1. The van der Waals surface area contributed by atoms with Crippen molar-refractivity contribution in [3.05, 3.63) is 23.8 Å². The number of hydrogen-bond donors (Lipinski definition) is 1. The molecule has 1 atom stereocenters. The molecule has 8 heteroatoms. The maximum Gasteiger partial charge on any atom is 0.342 e. The van der Waals surface area contributed by atoms with Gasteiger partial charge in [-0.25, -0.2) is 9.59 Å². The summed E-state index contributed by atoms with van der Waals surface area (Å²) in [4.78, 5) is 36.9. The fourth-order valence-electron chi connectivity index (χ4n) is 2.15. The molecule has 0 aliphatic carbocycles. The number of urea groups is 1. The molecule has 1 fully saturated rings. The summed E-state index contributed by atoms with van der Waals surface area (Å²) in [5.74, 6) is -0.554. The van der Waals surface area contributed by atoms with Crippen molar-refractivity contribution in [3.8, 4) is 11.5 Å². The highest BCUT2D eigenvalue weighted by Crippen LogP contribution is 2.25. The van der Waals surface area contributed by atoms with Gasteiger partial charge in [0.15, 0.2) is 6.10 Å². The second-order valence-corrected chi connectivity index (χ2v) is 4.84. The van der Waals surface area contributed by atoms with Crippen LogP contribution >= 0.6 is 0 Å². The van der Waals surface area contributed by atoms with Crippen LogP contribution in [0.15, 0.2) is 18.2 Å². The number of carbonyl (C=O) groups is 3. The molecule has 1 aliphatic rings. The minimum atomic E-state index is -1.10. The lowest BCUT2D eigenvalue weighted by Crippen LogP contribution is -2.41. The Hall–Kier alpha value is -2.77. The van der Waals surface area contributed by atoms with E-state index in [1.54, 1.807) is 12.1 Å². The van der Waals surface area contributed by atoms with E-state index in [1.807, 2.05) is 0 Å². The van der Waals surface area contributed by atoms with E-state index >= 15 is 0 Å². The van der Waals surface area contributed by atoms with E-state index in [9.17, 15) is 14.4 Å². The summed E-state index contributed by atoms with van der Waals surface area (Å²) < 4.78 is 15.3. The third kappa shape index (κ3) is 3.53. The number of esters is 1. The number of benzene rings is 1. The highest BCUT2D eigenvalue weighted by atomic mass is 16.5. The Labute approximate surface area is 133 Å². The average Bonchev–Trinajstić information content (AvgIpc) is 2.99. The van der Waals surface area contributed by atoms with Gasteiger partial charge < -0.3 is 19.5 Å². The van der Waals surface area contributed by atoms with Gasteiger partial charge in [-0.15, -0.1) is 0 Å². The summed E-state index contributed by atoms with van der Waals surface area (Å²) in [5, 5.41) is 2.51. The summed E-state index contributed by atoms with van der Waals surface area (Å²) in [6.45, 7) is 2.05. The van der Waals surface area contributed by atoms with Gasteiger partial charge in [-0.2, -0.15) is 0 Å². The number of rotatable bonds is 5. The molecule has 1 aliphatic heterocycles. The van der Waals surface area contributed by atoms with Crippen LogP contribution in [0.25, 0.3) is 0 Å². The molecule has 1 aromatic rings. The number of methoxy groups -OCH3 is 2. The van der Waals surface area contributed by atoms with Crippen molar-refractivity contribution in [2.75, 3.05) is 27.3 Å². The van der Waals surface area contributed by atoms with Crippen molar-refractivity contribution in [1.82, 2.24) is 10.2 Å². The van der Waals surface area contributed by atoms with Crippen molar-refractivity contribution in [2.45, 2.75) is 13.0 Å². The highest BCUT2D eigenvalue weighted by Gasteiger charge is 2.32. The zero-order valence-electron chi connectivity index (χ0n) is 13.1. The minimum absolute atomic E-state index is 0.136. The quantitative estimate of drug-likeness (QED) is 0.806. The first kappa shape index (κ1) is 16.6. The van der Waals surface area contributed by atoms with E-state index in [0.717, 1.165) is 4.90 Å². The van der Waals surface area contributed by atoms with Gasteiger partial charge in [0.1, 0.15) is 17.1 Å². The lowest BCUT2D eigenvalue weighted by molar-refractivity contribution is -0.136. The number of imide groups is 1. The maximum absolute atomic E-state index is 12.3. The van der Waals surface area contributed by atoms with Gasteiger partial charge in [0.2, 0.25) is 0 Å². The van der Waals surface area contributed by atoms with Crippen molar-refractivity contribution >= 4 is 17.9 Å². The average molecular weight is 322 g/mol. The first-order chi connectivity index (χ1) is 11.0. The second-order valence-electron chi connectivity index (χ2n) is 4.84. The highest BCUT2D eigenvalue weighted by molar-refractivity contribution is 6.00. The van der Waals surface area contributed by atoms with Gasteiger partial charge in [0.25, 0.3) is 5.91 Å². The zero-order chi connectivity index (χ0) is 17.0. The van der Waals surface area contributed by atoms with Crippen LogP contribution in [0, 0.1) is 0 Å². The lowest BCUT2D eigenvalue weighted by Gasteiger charge is -2.18. The number of nitrogens with zero attached hydrogens (tertiary/aromatic N) is 1. The smallest absolute Gasteiger partial charge is 0.342 e. The molecule has 1 unspecified atom stereocenters. The monoisotopic (exact) mass is 322 g/mol. The SMILES string of the molecule is COc1ccc(OC)c(C(=O)OC(C)C(=O)N2CCNC2=O)c1. The van der Waals surface area contributed by atoms with Crippen molar-refractivity contribution in [3.63, 3.8) is 0 Å². The molecular weight excluding hydrogens is 304 g/mol. The molecule has 0 saturated carbocycles. The van der Waals surface area contributed by atoms with Gasteiger partial charge in [-0.05, 0) is 25.1 Å². The van der Waals surface area contributed by atoms with Crippen LogP contribution in [0.1, 0.15) is 17.3 Å². The van der Waals surface area contributed by atoms with Crippen molar-refractivity contribution in [1.29, 1.82) is 0 Å². The Morgan fingerprint density at radius 1 is 1.26 bits per heavy atom. The molecule has 0 spiro atoms. The summed E-state index contributed by atoms with van der Waals surface area (Å²) >= 11 is 0. The topological polar surface area (TPSA) is 94.2 Å². The van der Waals surface area contributed by atoms with E-state index < -0.39 is 24.0 Å². The van der Waals surface area contributed by atoms with Crippen LogP contribution < -0.4 is 14.8 Å². The van der Waals surface area contributed by atoms with Gasteiger partial charge >= 0.3 is 12.0 Å². The number of amides is 3. The van der Waals surface area contributed by atoms with Crippen LogP contribution in [0.4, 0.5) is 4.79 Å². The van der Waals surface area contributed by atoms with Crippen LogP contribution in [-0.2, 0) is 9.53 Å². The van der Waals surface area contributed by atoms with E-state index in [2.05, 4.69) is 5.32 Å². The number of hydrogen-bond acceptors (Lipinski definition) is 6. The molecular formula is C15H18N2O6. The first-order valence-electron chi connectivity index (χ1n) is 7.00. The fraction of sp³-hybridized carbons (Fsp3) is 0.400. The normalized spacial score (nSPS) is 14.9. The Morgan fingerprint density at radius 2 is 2.00 bits per heavy atom. The molecule has 0 aromatic heterocycles. The number of carbonyl (C=O) groups excluding carboxylic acids is 3. The Balaban J connectivity index is 2.12. The van der Waals surface area contributed by atoms with Crippen LogP contribution in [0.5, 0.6) is 11.5 Å². The predicted molar refractivity (Wildman–Crippen MR) is 79.5 cm³/mol. The summed E-state index contributed by atoms with van der Waals surface area (Å²) in [7, 11) is 2.89. The molecule has 124 valence electrons. The van der Waals surface area contributed by atoms with E-state index in [-0.39, 0.29) is 12.1 Å². The Bertz CT molecular complexity index is 630. The van der Waals surface area contributed by atoms with Crippen molar-refractivity contribution in [2.24, 2.45) is 0 Å². The summed E-state index contributed by atoms with van der Waals surface area (Å²) in [6, 6.07) is 4.17. The molecule has 1 N–H and O–H groups in total. The van der Waals surface area contributed by atoms with Crippen LogP contribution in [-0.4, -0.2) is 56.2 Å². The summed E-state index contributed by atoms with van der Waals surface area (Å²) in [6.07, 6.45) is -1.10. The molecule has 0 radical (unpaired) electrons. The van der Waals surface area contributed by atoms with Crippen LogP contribution in [0.3, 0.4) is 0 Å². The van der Waals surface area contributed by atoms with Crippen molar-refractivity contribution < 1.29 is 28.6 Å². The Morgan fingerprint density at radius 3 is 2.57 bits per heavy atom. The molecule has 23 heavy (non-hydrogen) atoms. The second kappa shape index (κ2) is 6.99. The third-order valence-corrected chi connectivity index (χ3v) is 3.38. The Kier molecular flexibility index (Phi) is 5.05. The van der Waals surface area contributed by atoms with E-state index in [4.69, 9.17) is 14.2 Å². The molecule has 3 amide bonds. The van der Waals surface area contributed by atoms with E-state index in [1.165, 1.54) is 27.2 Å². The predicted octanol–water partition coefficient (Wildman–Crippen LogP) is 0.801. The fourth-order valence-corrected chi connectivity index (χ4v) is 2.15. The third-order valence-electron chi connectivity index (χ3n) is 3.38. The van der Waals surface area contributed by atoms with E-state index in [0.29, 0.717) is 18.0 Å². The first-order valence-corrected chi connectivity index (χ1v) is 7.00. The van der Waals surface area contributed by atoms with Crippen LogP contribution in [0.2, 0.25) is 0 Å². The maximum atomic E-state index is 12.3. The lowest BCUT2D eigenvalue weighted by atomic mass is 10.2. The largest absolute Gasteiger partial charge is 0.497 e. The van der Waals surface area contributed by atoms with Gasteiger partial charge in [-0.3, -0.25) is 9.69 Å². The molecule has 1 saturated heterocycles. The molecule has 0 bridgehead atoms. The molecule has 1 aromatic carbocycles. The molecule has 1 heterocycles. The summed E-state index contributed by atoms with van der Waals surface area (Å²) in [5.41, 5.74) is 0.136. The zero-order valence-corrected chi connectivity index (χ0v) is 13.1. The number of ether oxygens (including phenoxy) is 3. The van der Waals surface area contributed by atoms with Gasteiger partial charge in [0, 0.05) is 13.1 Å². The van der Waals surface area contributed by atoms with Gasteiger partial charge in [-0.1, -0.05) is 0 Å². The van der Waals surface area contributed by atoms with Gasteiger partial charge in [0.05, 0.1) is 14.2 Å². The molecule has 8 nitrogen and oxygen atoms in total. The standard InChI is InChI=1S/C15H18N2O6/c1-9(13(18)17-7-6-16-15(17)20)23-14(19)11-8-10(21-2)4-5-12(11)22-3/h4-5,8-9H,6-7H2,1-3H3,(H,16,20). The minimum Gasteiger partial charge on any atom is -0.497 e. The molecule has 2 rings (SSSR count).